The van der Waals surface area contributed by atoms with Gasteiger partial charge < -0.3 is 5.11 Å². The summed E-state index contributed by atoms with van der Waals surface area (Å²) < 4.78 is 0. The largest absolute Gasteiger partial charge is 0.507 e. The van der Waals surface area contributed by atoms with Crippen LogP contribution >= 0.6 is 11.6 Å². The summed E-state index contributed by atoms with van der Waals surface area (Å²) in [6.07, 6.45) is 3.54. The van der Waals surface area contributed by atoms with Gasteiger partial charge in [0.15, 0.2) is 0 Å². The lowest BCUT2D eigenvalue weighted by molar-refractivity contribution is -0.384. The standard InChI is InChI=1S/C27H15ClN2O3/c28-23-12-18(30(32)33)7-10-20(23)21-9-6-16-4-3-15-5-8-19(17-2-1-11-29-14-17)22-13-24(31)27(21)26(16)25(15)22/h1-14,31H. The van der Waals surface area contributed by atoms with E-state index in [0.717, 1.165) is 43.6 Å². The van der Waals surface area contributed by atoms with Crippen molar-refractivity contribution in [3.63, 3.8) is 0 Å². The summed E-state index contributed by atoms with van der Waals surface area (Å²) in [6.45, 7) is 0. The van der Waals surface area contributed by atoms with Gasteiger partial charge in [0.2, 0.25) is 0 Å². The molecule has 1 heterocycles. The number of nitro benzene ring substituents is 1. The summed E-state index contributed by atoms with van der Waals surface area (Å²) in [5.41, 5.74) is 3.23. The summed E-state index contributed by atoms with van der Waals surface area (Å²) in [7, 11) is 0. The quantitative estimate of drug-likeness (QED) is 0.171. The Kier molecular flexibility index (Phi) is 4.22. The first-order chi connectivity index (χ1) is 16.0. The van der Waals surface area contributed by atoms with Crippen LogP contribution in [-0.4, -0.2) is 15.0 Å². The Balaban J connectivity index is 1.73. The number of nitro groups is 1. The SMILES string of the molecule is O=[N+]([O-])c1ccc(-c2ccc3ccc4ccc(-c5cccnc5)c5cc(O)c2c3c45)c(Cl)c1. The number of hydrogen-bond donors (Lipinski definition) is 1. The molecule has 0 aliphatic carbocycles. The fourth-order valence-corrected chi connectivity index (χ4v) is 5.00. The number of phenolic OH excluding ortho intramolecular Hbond substituents is 1. The Bertz CT molecular complexity index is 1710. The molecule has 6 rings (SSSR count). The topological polar surface area (TPSA) is 76.3 Å². The van der Waals surface area contributed by atoms with Gasteiger partial charge in [-0.2, -0.15) is 0 Å². The van der Waals surface area contributed by atoms with Gasteiger partial charge in [-0.15, -0.1) is 0 Å². The van der Waals surface area contributed by atoms with Gasteiger partial charge in [0, 0.05) is 46.4 Å². The number of rotatable bonds is 3. The van der Waals surface area contributed by atoms with Crippen LogP contribution in [0.1, 0.15) is 0 Å². The molecule has 0 aliphatic rings. The number of aromatic hydroxyl groups is 1. The Morgan fingerprint density at radius 3 is 2.21 bits per heavy atom. The van der Waals surface area contributed by atoms with E-state index in [2.05, 4.69) is 17.1 Å². The van der Waals surface area contributed by atoms with Gasteiger partial charge in [-0.3, -0.25) is 15.1 Å². The van der Waals surface area contributed by atoms with Crippen LogP contribution in [0.2, 0.25) is 5.02 Å². The average Bonchev–Trinajstić information content (AvgIpc) is 2.83. The molecular formula is C27H15ClN2O3. The summed E-state index contributed by atoms with van der Waals surface area (Å²) in [5.74, 6) is 0.126. The normalized spacial score (nSPS) is 11.5. The molecule has 0 spiro atoms. The van der Waals surface area contributed by atoms with Gasteiger partial charge >= 0.3 is 0 Å². The molecule has 33 heavy (non-hydrogen) atoms. The zero-order valence-corrected chi connectivity index (χ0v) is 17.9. The fourth-order valence-electron chi connectivity index (χ4n) is 4.72. The van der Waals surface area contributed by atoms with Gasteiger partial charge in [0.25, 0.3) is 5.69 Å². The third-order valence-corrected chi connectivity index (χ3v) is 6.48. The number of hydrogen-bond acceptors (Lipinski definition) is 4. The maximum absolute atomic E-state index is 11.3. The Hall–Kier alpha value is -4.22. The van der Waals surface area contributed by atoms with Crippen molar-refractivity contribution in [1.29, 1.82) is 0 Å². The highest BCUT2D eigenvalue weighted by Crippen LogP contribution is 2.47. The number of aromatic nitrogens is 1. The van der Waals surface area contributed by atoms with Gasteiger partial charge in [-0.1, -0.05) is 54.1 Å². The first-order valence-electron chi connectivity index (χ1n) is 10.3. The van der Waals surface area contributed by atoms with Crippen molar-refractivity contribution in [2.45, 2.75) is 0 Å². The lowest BCUT2D eigenvalue weighted by Crippen LogP contribution is -1.92. The van der Waals surface area contributed by atoms with Crippen LogP contribution in [0.15, 0.2) is 85.2 Å². The third-order valence-electron chi connectivity index (χ3n) is 6.17. The molecule has 5 aromatic carbocycles. The number of non-ortho nitro benzene ring substituents is 1. The Labute approximate surface area is 193 Å². The fraction of sp³-hybridized carbons (Fsp3) is 0. The van der Waals surface area contributed by atoms with Crippen LogP contribution in [0.5, 0.6) is 5.75 Å². The molecule has 0 atom stereocenters. The average molecular weight is 451 g/mol. The van der Waals surface area contributed by atoms with E-state index in [0.29, 0.717) is 10.9 Å². The zero-order valence-electron chi connectivity index (χ0n) is 17.1. The molecule has 0 unspecified atom stereocenters. The lowest BCUT2D eigenvalue weighted by atomic mass is 9.87. The highest BCUT2D eigenvalue weighted by atomic mass is 35.5. The minimum absolute atomic E-state index is 0.0770. The van der Waals surface area contributed by atoms with Crippen LogP contribution in [0, 0.1) is 10.1 Å². The van der Waals surface area contributed by atoms with Crippen molar-refractivity contribution in [2.24, 2.45) is 0 Å². The van der Waals surface area contributed by atoms with E-state index in [-0.39, 0.29) is 16.5 Å². The van der Waals surface area contributed by atoms with Crippen molar-refractivity contribution in [3.8, 4) is 28.0 Å². The first-order valence-corrected chi connectivity index (χ1v) is 10.7. The molecule has 0 saturated heterocycles. The van der Waals surface area contributed by atoms with E-state index >= 15 is 0 Å². The Morgan fingerprint density at radius 2 is 1.52 bits per heavy atom. The molecule has 6 heteroatoms. The van der Waals surface area contributed by atoms with E-state index in [1.165, 1.54) is 12.1 Å². The number of benzene rings is 5. The minimum atomic E-state index is -0.475. The minimum Gasteiger partial charge on any atom is -0.507 e. The van der Waals surface area contributed by atoms with Crippen molar-refractivity contribution in [2.75, 3.05) is 0 Å². The molecule has 1 N–H and O–H groups in total. The molecule has 0 fully saturated rings. The zero-order chi connectivity index (χ0) is 22.7. The number of phenols is 1. The summed E-state index contributed by atoms with van der Waals surface area (Å²) >= 11 is 6.46. The highest BCUT2D eigenvalue weighted by Gasteiger charge is 2.20. The molecule has 0 amide bonds. The van der Waals surface area contributed by atoms with Gasteiger partial charge in [-0.05, 0) is 50.9 Å². The van der Waals surface area contributed by atoms with Gasteiger partial charge in [0.05, 0.1) is 9.95 Å². The first kappa shape index (κ1) is 19.5. The molecule has 5 nitrogen and oxygen atoms in total. The number of halogens is 1. The van der Waals surface area contributed by atoms with E-state index in [1.807, 2.05) is 42.6 Å². The smallest absolute Gasteiger partial charge is 0.270 e. The van der Waals surface area contributed by atoms with Crippen LogP contribution < -0.4 is 0 Å². The van der Waals surface area contributed by atoms with Crippen molar-refractivity contribution < 1.29 is 10.0 Å². The van der Waals surface area contributed by atoms with E-state index in [1.54, 1.807) is 18.3 Å². The number of nitrogens with zero attached hydrogens (tertiary/aromatic N) is 2. The molecule has 158 valence electrons. The molecule has 0 aliphatic heterocycles. The monoisotopic (exact) mass is 450 g/mol. The second-order valence-corrected chi connectivity index (χ2v) is 8.38. The molecule has 1 aromatic heterocycles. The second-order valence-electron chi connectivity index (χ2n) is 7.97. The number of pyridine rings is 1. The van der Waals surface area contributed by atoms with Crippen molar-refractivity contribution in [1.82, 2.24) is 4.98 Å². The van der Waals surface area contributed by atoms with Crippen LogP contribution in [0.4, 0.5) is 5.69 Å². The molecular weight excluding hydrogens is 436 g/mol. The highest BCUT2D eigenvalue weighted by molar-refractivity contribution is 6.35. The van der Waals surface area contributed by atoms with Crippen LogP contribution in [-0.2, 0) is 0 Å². The predicted molar refractivity (Wildman–Crippen MR) is 132 cm³/mol. The lowest BCUT2D eigenvalue weighted by Gasteiger charge is -2.18. The third kappa shape index (κ3) is 2.90. The van der Waals surface area contributed by atoms with Gasteiger partial charge in [0.1, 0.15) is 5.75 Å². The summed E-state index contributed by atoms with van der Waals surface area (Å²) in [6, 6.07) is 22.2. The molecule has 6 aromatic rings. The van der Waals surface area contributed by atoms with E-state index < -0.39 is 4.92 Å². The van der Waals surface area contributed by atoms with Crippen LogP contribution in [0.3, 0.4) is 0 Å². The van der Waals surface area contributed by atoms with Crippen LogP contribution in [0.25, 0.3) is 54.6 Å². The predicted octanol–water partition coefficient (Wildman–Crippen LogP) is 7.58. The van der Waals surface area contributed by atoms with Crippen molar-refractivity contribution in [3.05, 3.63) is 100 Å². The molecule has 0 radical (unpaired) electrons. The Morgan fingerprint density at radius 1 is 0.818 bits per heavy atom. The van der Waals surface area contributed by atoms with Crippen molar-refractivity contribution >= 4 is 49.6 Å². The molecule has 0 saturated carbocycles. The summed E-state index contributed by atoms with van der Waals surface area (Å²) in [4.78, 5) is 14.9. The summed E-state index contributed by atoms with van der Waals surface area (Å²) in [5, 5.41) is 28.3. The molecule has 0 bridgehead atoms. The second kappa shape index (κ2) is 7.15. The maximum atomic E-state index is 11.3. The van der Waals surface area contributed by atoms with E-state index in [4.69, 9.17) is 11.6 Å². The van der Waals surface area contributed by atoms with E-state index in [9.17, 15) is 15.2 Å². The maximum Gasteiger partial charge on any atom is 0.270 e. The van der Waals surface area contributed by atoms with Gasteiger partial charge in [-0.25, -0.2) is 0 Å².